The molecule has 1 aromatic heterocycles. The van der Waals surface area contributed by atoms with E-state index in [-0.39, 0.29) is 18.2 Å². The molecule has 45 heavy (non-hydrogen) atoms. The fraction of sp³-hybridized carbons (Fsp3) is 0.195. The quantitative estimate of drug-likeness (QED) is 0.215. The fourth-order valence-corrected chi connectivity index (χ4v) is 8.89. The van der Waals surface area contributed by atoms with E-state index < -0.39 is 0 Å². The first-order valence-electron chi connectivity index (χ1n) is 16.2. The van der Waals surface area contributed by atoms with E-state index in [1.54, 1.807) is 0 Å². The van der Waals surface area contributed by atoms with Gasteiger partial charge in [0, 0.05) is 21.1 Å². The number of amidine groups is 1. The molecule has 0 amide bonds. The average molecular weight is 602 g/mol. The van der Waals surface area contributed by atoms with Crippen LogP contribution in [-0.2, 0) is 12.8 Å². The van der Waals surface area contributed by atoms with Gasteiger partial charge in [-0.3, -0.25) is 5.32 Å². The second-order valence-corrected chi connectivity index (χ2v) is 13.6. The summed E-state index contributed by atoms with van der Waals surface area (Å²) in [6.45, 7) is 0. The van der Waals surface area contributed by atoms with E-state index in [1.165, 1.54) is 64.7 Å². The van der Waals surface area contributed by atoms with Gasteiger partial charge in [-0.2, -0.15) is 0 Å². The number of hydrogen-bond donors (Lipinski definition) is 2. The molecule has 3 nitrogen and oxygen atoms in total. The van der Waals surface area contributed by atoms with E-state index in [0.717, 1.165) is 37.9 Å². The summed E-state index contributed by atoms with van der Waals surface area (Å²) < 4.78 is 1.38. The minimum atomic E-state index is -0.122. The summed E-state index contributed by atoms with van der Waals surface area (Å²) in [5.41, 5.74) is 9.60. The van der Waals surface area contributed by atoms with E-state index in [9.17, 15) is 0 Å². The van der Waals surface area contributed by atoms with Crippen molar-refractivity contribution in [2.24, 2.45) is 10.9 Å². The second-order valence-electron chi connectivity index (χ2n) is 12.6. The third kappa shape index (κ3) is 4.80. The highest BCUT2D eigenvalue weighted by Gasteiger charge is 2.32. The smallest absolute Gasteiger partial charge is 0.130 e. The normalized spacial score (nSPS) is 22.3. The van der Waals surface area contributed by atoms with Gasteiger partial charge in [-0.05, 0) is 93.8 Å². The molecule has 2 heterocycles. The number of fused-ring (bicyclic) bond motifs is 6. The van der Waals surface area contributed by atoms with Crippen LogP contribution in [-0.4, -0.2) is 12.0 Å². The minimum absolute atomic E-state index is 0.0491. The number of hydrogen-bond acceptors (Lipinski definition) is 4. The van der Waals surface area contributed by atoms with Crippen LogP contribution in [0.4, 0.5) is 0 Å². The monoisotopic (exact) mass is 601 g/mol. The molecule has 0 fully saturated rings. The van der Waals surface area contributed by atoms with Crippen LogP contribution in [0.3, 0.4) is 0 Å². The zero-order valence-electron chi connectivity index (χ0n) is 25.2. The van der Waals surface area contributed by atoms with Gasteiger partial charge < -0.3 is 5.32 Å². The minimum Gasteiger partial charge on any atom is -0.354 e. The topological polar surface area (TPSA) is 36.4 Å². The SMILES string of the molecule is C1=CCCC(C2NC(C3C=CC(c4ccc5ccccc5c4)=CC3)=NC(c3cccc4c3-c3sc5ccccc5c3CC4)N2)=C1. The lowest BCUT2D eigenvalue weighted by Gasteiger charge is -2.37. The van der Waals surface area contributed by atoms with E-state index in [0.29, 0.717) is 0 Å². The predicted octanol–water partition coefficient (Wildman–Crippen LogP) is 9.67. The molecule has 5 aromatic rings. The van der Waals surface area contributed by atoms with E-state index >= 15 is 0 Å². The summed E-state index contributed by atoms with van der Waals surface area (Å²) in [6.07, 6.45) is 19.0. The van der Waals surface area contributed by atoms with Crippen molar-refractivity contribution in [2.45, 2.75) is 44.4 Å². The molecule has 4 aromatic carbocycles. The third-order valence-corrected chi connectivity index (χ3v) is 11.1. The molecule has 0 radical (unpaired) electrons. The van der Waals surface area contributed by atoms with E-state index in [1.807, 2.05) is 11.3 Å². The zero-order chi connectivity index (χ0) is 29.7. The molecule has 1 aliphatic heterocycles. The standard InChI is InChI=1S/C41H35N3S/c1-2-10-29(11-3-1)39-42-40(30-20-17-27(18-21-30)32-22-19-26-9-4-5-12-31(26)25-32)44-41(43-39)35-15-8-13-28-23-24-34-33-14-6-7-16-36(33)45-38(34)37(28)35/h1-2,4-10,12-20,22,25,30,39,41,43H,3,11,21,23-24H2,(H,42,44). The van der Waals surface area contributed by atoms with Gasteiger partial charge in [-0.1, -0.05) is 109 Å². The van der Waals surface area contributed by atoms with Gasteiger partial charge >= 0.3 is 0 Å². The highest BCUT2D eigenvalue weighted by atomic mass is 32.1. The summed E-state index contributed by atoms with van der Waals surface area (Å²) in [5.74, 6) is 1.29. The molecule has 0 saturated heterocycles. The number of nitrogens with zero attached hydrogens (tertiary/aromatic N) is 1. The summed E-state index contributed by atoms with van der Waals surface area (Å²) >= 11 is 1.95. The number of benzene rings is 4. The van der Waals surface area contributed by atoms with Crippen molar-refractivity contribution in [3.63, 3.8) is 0 Å². The van der Waals surface area contributed by atoms with Crippen molar-refractivity contribution in [1.29, 1.82) is 0 Å². The fourth-order valence-electron chi connectivity index (χ4n) is 7.53. The summed E-state index contributed by atoms with van der Waals surface area (Å²) in [7, 11) is 0. The molecule has 2 N–H and O–H groups in total. The number of allylic oxidation sites excluding steroid dienone is 6. The molecular formula is C41H35N3S. The Balaban J connectivity index is 1.09. The van der Waals surface area contributed by atoms with E-state index in [4.69, 9.17) is 4.99 Å². The van der Waals surface area contributed by atoms with Gasteiger partial charge in [-0.15, -0.1) is 11.3 Å². The summed E-state index contributed by atoms with van der Waals surface area (Å²) in [4.78, 5) is 6.90. The van der Waals surface area contributed by atoms with Gasteiger partial charge in [-0.25, -0.2) is 4.99 Å². The predicted molar refractivity (Wildman–Crippen MR) is 191 cm³/mol. The van der Waals surface area contributed by atoms with Gasteiger partial charge in [0.1, 0.15) is 18.2 Å². The van der Waals surface area contributed by atoms with Gasteiger partial charge in [0.2, 0.25) is 0 Å². The Hall–Kier alpha value is -4.51. The van der Waals surface area contributed by atoms with Gasteiger partial charge in [0.15, 0.2) is 0 Å². The summed E-state index contributed by atoms with van der Waals surface area (Å²) in [6, 6.07) is 31.2. The number of rotatable bonds is 4. The zero-order valence-corrected chi connectivity index (χ0v) is 26.0. The van der Waals surface area contributed by atoms with Crippen LogP contribution in [0.2, 0.25) is 0 Å². The Morgan fingerprint density at radius 3 is 2.64 bits per heavy atom. The largest absolute Gasteiger partial charge is 0.354 e. The number of thiophene rings is 1. The number of nitrogens with one attached hydrogen (secondary N) is 2. The first-order chi connectivity index (χ1) is 22.3. The van der Waals surface area contributed by atoms with Crippen LogP contribution < -0.4 is 10.6 Å². The third-order valence-electron chi connectivity index (χ3n) is 9.88. The van der Waals surface area contributed by atoms with Crippen LogP contribution in [0.25, 0.3) is 36.9 Å². The highest BCUT2D eigenvalue weighted by molar-refractivity contribution is 7.22. The maximum Gasteiger partial charge on any atom is 0.130 e. The molecule has 3 atom stereocenters. The van der Waals surface area contributed by atoms with Crippen LogP contribution in [0, 0.1) is 5.92 Å². The molecule has 0 bridgehead atoms. The van der Waals surface area contributed by atoms with Crippen molar-refractivity contribution in [3.8, 4) is 10.4 Å². The van der Waals surface area contributed by atoms with Crippen molar-refractivity contribution >= 4 is 43.6 Å². The Kier molecular flexibility index (Phi) is 6.64. The molecule has 4 aliphatic rings. The van der Waals surface area contributed by atoms with Gasteiger partial charge in [0.05, 0.1) is 0 Å². The molecule has 0 spiro atoms. The van der Waals surface area contributed by atoms with Crippen molar-refractivity contribution in [1.82, 2.24) is 10.6 Å². The Morgan fingerprint density at radius 1 is 0.844 bits per heavy atom. The first kappa shape index (κ1) is 26.9. The number of aliphatic imine (C=N–C) groups is 1. The Bertz CT molecular complexity index is 2120. The van der Waals surface area contributed by atoms with Crippen molar-refractivity contribution in [2.75, 3.05) is 0 Å². The van der Waals surface area contributed by atoms with Crippen LogP contribution in [0.15, 0.2) is 132 Å². The highest BCUT2D eigenvalue weighted by Crippen LogP contribution is 2.47. The maximum atomic E-state index is 5.47. The van der Waals surface area contributed by atoms with Crippen LogP contribution in [0.5, 0.6) is 0 Å². The molecular weight excluding hydrogens is 567 g/mol. The van der Waals surface area contributed by atoms with Crippen LogP contribution >= 0.6 is 11.3 Å². The first-order valence-corrected chi connectivity index (χ1v) is 17.1. The molecule has 3 unspecified atom stereocenters. The molecule has 9 rings (SSSR count). The lowest BCUT2D eigenvalue weighted by Crippen LogP contribution is -2.53. The summed E-state index contributed by atoms with van der Waals surface area (Å²) in [5, 5.41) is 11.8. The Morgan fingerprint density at radius 2 is 1.76 bits per heavy atom. The molecule has 3 aliphatic carbocycles. The van der Waals surface area contributed by atoms with E-state index in [2.05, 4.69) is 132 Å². The van der Waals surface area contributed by atoms with Gasteiger partial charge in [0.25, 0.3) is 0 Å². The average Bonchev–Trinajstić information content (AvgIpc) is 3.50. The lowest BCUT2D eigenvalue weighted by molar-refractivity contribution is 0.419. The van der Waals surface area contributed by atoms with Crippen molar-refractivity contribution in [3.05, 3.63) is 149 Å². The molecule has 4 heteroatoms. The molecule has 220 valence electrons. The Labute approximate surface area is 268 Å². The second kappa shape index (κ2) is 11.1. The maximum absolute atomic E-state index is 5.47. The lowest BCUT2D eigenvalue weighted by atomic mass is 9.85. The van der Waals surface area contributed by atoms with Crippen molar-refractivity contribution < 1.29 is 0 Å². The molecule has 0 saturated carbocycles. The van der Waals surface area contributed by atoms with Crippen LogP contribution in [0.1, 0.15) is 47.7 Å². The number of aryl methyl sites for hydroxylation is 2.